The van der Waals surface area contributed by atoms with E-state index in [0.29, 0.717) is 12.5 Å². The quantitative estimate of drug-likeness (QED) is 0.811. The third kappa shape index (κ3) is 3.62. The number of fused-ring (bicyclic) bond motifs is 1. The Labute approximate surface area is 120 Å². The molecule has 2 atom stereocenters. The molecule has 0 radical (unpaired) electrons. The third-order valence-electron chi connectivity index (χ3n) is 4.26. The lowest BCUT2D eigenvalue weighted by Gasteiger charge is -2.27. The Morgan fingerprint density at radius 1 is 1.30 bits per heavy atom. The van der Waals surface area contributed by atoms with Crippen molar-refractivity contribution in [1.29, 1.82) is 0 Å². The van der Waals surface area contributed by atoms with Crippen LogP contribution in [-0.2, 0) is 4.79 Å². The normalized spacial score (nSPS) is 24.9. The zero-order valence-corrected chi connectivity index (χ0v) is 12.2. The molecule has 0 aromatic rings. The fourth-order valence-corrected chi connectivity index (χ4v) is 3.18. The van der Waals surface area contributed by atoms with Crippen LogP contribution in [0.4, 0.5) is 4.79 Å². The summed E-state index contributed by atoms with van der Waals surface area (Å²) >= 11 is 0. The number of carbonyl (C=O) groups is 2. The number of carbonyl (C=O) groups excluding carboxylic acids is 1. The summed E-state index contributed by atoms with van der Waals surface area (Å²) in [6.07, 6.45) is 4.53. The molecule has 0 saturated carbocycles. The van der Waals surface area contributed by atoms with Crippen LogP contribution in [0.1, 0.15) is 39.0 Å². The molecule has 2 heterocycles. The van der Waals surface area contributed by atoms with Crippen molar-refractivity contribution in [1.82, 2.24) is 15.1 Å². The highest BCUT2D eigenvalue weighted by Crippen LogP contribution is 2.21. The van der Waals surface area contributed by atoms with Gasteiger partial charge in [0.15, 0.2) is 0 Å². The van der Waals surface area contributed by atoms with Crippen molar-refractivity contribution in [3.63, 3.8) is 0 Å². The first kappa shape index (κ1) is 15.1. The molecule has 20 heavy (non-hydrogen) atoms. The molecule has 0 bridgehead atoms. The third-order valence-corrected chi connectivity index (χ3v) is 4.26. The van der Waals surface area contributed by atoms with Crippen LogP contribution in [0.5, 0.6) is 0 Å². The van der Waals surface area contributed by atoms with Crippen LogP contribution in [0.15, 0.2) is 0 Å². The van der Waals surface area contributed by atoms with E-state index in [0.717, 1.165) is 45.4 Å². The number of hydrogen-bond donors (Lipinski definition) is 2. The van der Waals surface area contributed by atoms with Crippen molar-refractivity contribution in [2.45, 2.75) is 51.1 Å². The van der Waals surface area contributed by atoms with Crippen molar-refractivity contribution in [2.75, 3.05) is 26.2 Å². The van der Waals surface area contributed by atoms with Crippen molar-refractivity contribution in [2.24, 2.45) is 0 Å². The Kier molecular flexibility index (Phi) is 5.23. The van der Waals surface area contributed by atoms with E-state index in [2.05, 4.69) is 10.2 Å². The molecule has 114 valence electrons. The van der Waals surface area contributed by atoms with Gasteiger partial charge in [-0.05, 0) is 32.2 Å². The Hall–Kier alpha value is -1.30. The topological polar surface area (TPSA) is 72.9 Å². The number of nitrogens with zero attached hydrogens (tertiary/aromatic N) is 2. The van der Waals surface area contributed by atoms with Crippen molar-refractivity contribution in [3.8, 4) is 0 Å². The maximum atomic E-state index is 12.3. The van der Waals surface area contributed by atoms with E-state index in [4.69, 9.17) is 5.11 Å². The van der Waals surface area contributed by atoms with Crippen LogP contribution in [0.2, 0.25) is 0 Å². The van der Waals surface area contributed by atoms with Gasteiger partial charge in [-0.15, -0.1) is 0 Å². The summed E-state index contributed by atoms with van der Waals surface area (Å²) in [5.74, 6) is -0.947. The second-order valence-corrected chi connectivity index (χ2v) is 5.76. The summed E-state index contributed by atoms with van der Waals surface area (Å²) in [5, 5.41) is 11.8. The molecule has 2 aliphatic rings. The highest BCUT2D eigenvalue weighted by Gasteiger charge is 2.31. The van der Waals surface area contributed by atoms with Gasteiger partial charge in [-0.2, -0.15) is 0 Å². The van der Waals surface area contributed by atoms with E-state index in [-0.39, 0.29) is 6.03 Å². The number of carboxylic acids is 1. The molecule has 0 aromatic heterocycles. The highest BCUT2D eigenvalue weighted by molar-refractivity contribution is 5.82. The Morgan fingerprint density at radius 3 is 2.75 bits per heavy atom. The maximum Gasteiger partial charge on any atom is 0.326 e. The van der Waals surface area contributed by atoms with E-state index in [1.54, 1.807) is 4.90 Å². The van der Waals surface area contributed by atoms with Crippen LogP contribution in [0.25, 0.3) is 0 Å². The molecule has 2 fully saturated rings. The number of nitrogens with one attached hydrogen (secondary N) is 1. The molecule has 2 rings (SSSR count). The molecule has 6 nitrogen and oxygen atoms in total. The second-order valence-electron chi connectivity index (χ2n) is 5.76. The predicted octanol–water partition coefficient (Wildman–Crippen LogP) is 1.12. The lowest BCUT2D eigenvalue weighted by atomic mass is 10.2. The van der Waals surface area contributed by atoms with E-state index in [9.17, 15) is 9.59 Å². The maximum absolute atomic E-state index is 12.3. The van der Waals surface area contributed by atoms with Crippen LogP contribution in [0, 0.1) is 0 Å². The number of amides is 2. The fraction of sp³-hybridized carbons (Fsp3) is 0.857. The van der Waals surface area contributed by atoms with Crippen LogP contribution < -0.4 is 5.32 Å². The molecule has 0 spiro atoms. The average Bonchev–Trinajstić information content (AvgIpc) is 2.75. The number of carboxylic acid groups (broad SMARTS) is 1. The Bertz CT molecular complexity index is 362. The van der Waals surface area contributed by atoms with E-state index >= 15 is 0 Å². The number of aliphatic carboxylic acids is 1. The zero-order chi connectivity index (χ0) is 14.5. The van der Waals surface area contributed by atoms with Gasteiger partial charge in [0.25, 0.3) is 0 Å². The minimum Gasteiger partial charge on any atom is -0.480 e. The summed E-state index contributed by atoms with van der Waals surface area (Å²) in [7, 11) is 0. The summed E-state index contributed by atoms with van der Waals surface area (Å²) in [6.45, 7) is 5.55. The van der Waals surface area contributed by atoms with E-state index < -0.39 is 12.0 Å². The highest BCUT2D eigenvalue weighted by atomic mass is 16.4. The SMILES string of the molecule is CCCC(NC(=O)N1CCCN2CCCC2C1)C(=O)O. The first-order chi connectivity index (χ1) is 9.61. The minimum absolute atomic E-state index is 0.223. The molecule has 2 N–H and O–H groups in total. The summed E-state index contributed by atoms with van der Waals surface area (Å²) in [6, 6.07) is -0.535. The summed E-state index contributed by atoms with van der Waals surface area (Å²) in [4.78, 5) is 27.6. The standard InChI is InChI=1S/C14H25N3O3/c1-2-5-12(13(18)19)15-14(20)17-9-4-8-16-7-3-6-11(16)10-17/h11-12H,2-10H2,1H3,(H,15,20)(H,18,19). The minimum atomic E-state index is -0.947. The van der Waals surface area contributed by atoms with Gasteiger partial charge in [0.1, 0.15) is 6.04 Å². The van der Waals surface area contributed by atoms with Crippen LogP contribution in [-0.4, -0.2) is 65.2 Å². The van der Waals surface area contributed by atoms with Gasteiger partial charge in [-0.3, -0.25) is 4.90 Å². The number of urea groups is 1. The average molecular weight is 283 g/mol. The lowest BCUT2D eigenvalue weighted by Crippen LogP contribution is -2.50. The predicted molar refractivity (Wildman–Crippen MR) is 75.6 cm³/mol. The Balaban J connectivity index is 1.92. The smallest absolute Gasteiger partial charge is 0.326 e. The fourth-order valence-electron chi connectivity index (χ4n) is 3.18. The van der Waals surface area contributed by atoms with Gasteiger partial charge in [0.2, 0.25) is 0 Å². The molecular formula is C14H25N3O3. The Morgan fingerprint density at radius 2 is 2.05 bits per heavy atom. The van der Waals surface area contributed by atoms with Crippen molar-refractivity contribution < 1.29 is 14.7 Å². The monoisotopic (exact) mass is 283 g/mol. The number of hydrogen-bond acceptors (Lipinski definition) is 3. The molecule has 2 unspecified atom stereocenters. The van der Waals surface area contributed by atoms with Crippen LogP contribution >= 0.6 is 0 Å². The van der Waals surface area contributed by atoms with Crippen molar-refractivity contribution >= 4 is 12.0 Å². The molecular weight excluding hydrogens is 258 g/mol. The first-order valence-electron chi connectivity index (χ1n) is 7.64. The van der Waals surface area contributed by atoms with Gasteiger partial charge in [-0.25, -0.2) is 9.59 Å². The van der Waals surface area contributed by atoms with Gasteiger partial charge in [-0.1, -0.05) is 13.3 Å². The lowest BCUT2D eigenvalue weighted by molar-refractivity contribution is -0.139. The number of rotatable bonds is 4. The molecule has 2 aliphatic heterocycles. The van der Waals surface area contributed by atoms with Gasteiger partial charge in [0, 0.05) is 25.7 Å². The largest absolute Gasteiger partial charge is 0.480 e. The molecule has 2 amide bonds. The zero-order valence-electron chi connectivity index (χ0n) is 12.2. The molecule has 6 heteroatoms. The van der Waals surface area contributed by atoms with Crippen molar-refractivity contribution in [3.05, 3.63) is 0 Å². The van der Waals surface area contributed by atoms with Crippen LogP contribution in [0.3, 0.4) is 0 Å². The summed E-state index contributed by atoms with van der Waals surface area (Å²) < 4.78 is 0. The molecule has 0 aliphatic carbocycles. The first-order valence-corrected chi connectivity index (χ1v) is 7.64. The summed E-state index contributed by atoms with van der Waals surface area (Å²) in [5.41, 5.74) is 0. The second kappa shape index (κ2) is 6.92. The molecule has 0 aromatic carbocycles. The van der Waals surface area contributed by atoms with Gasteiger partial charge < -0.3 is 15.3 Å². The van der Waals surface area contributed by atoms with Gasteiger partial charge in [0.05, 0.1) is 0 Å². The molecule has 2 saturated heterocycles. The van der Waals surface area contributed by atoms with E-state index in [1.165, 1.54) is 6.42 Å². The van der Waals surface area contributed by atoms with E-state index in [1.807, 2.05) is 6.92 Å². The van der Waals surface area contributed by atoms with Gasteiger partial charge >= 0.3 is 12.0 Å².